The molecule has 0 saturated carbocycles. The maximum Gasteiger partial charge on any atom is 0.490 e. The van der Waals surface area contributed by atoms with Crippen molar-refractivity contribution in [3.05, 3.63) is 77.9 Å². The van der Waals surface area contributed by atoms with Gasteiger partial charge in [-0.1, -0.05) is 12.1 Å². The Balaban J connectivity index is 0.000000349. The molecule has 3 aromatic rings. The number of methoxy groups -OCH3 is 1. The van der Waals surface area contributed by atoms with Crippen LogP contribution in [0, 0.1) is 0 Å². The molecule has 0 radical (unpaired) electrons. The van der Waals surface area contributed by atoms with Crippen LogP contribution in [0.2, 0.25) is 0 Å². The van der Waals surface area contributed by atoms with Gasteiger partial charge < -0.3 is 19.7 Å². The minimum absolute atomic E-state index is 0.0740. The van der Waals surface area contributed by atoms with E-state index >= 15 is 0 Å². The second-order valence-electron chi connectivity index (χ2n) is 8.42. The van der Waals surface area contributed by atoms with Gasteiger partial charge in [-0.25, -0.2) is 9.59 Å². The molecule has 10 nitrogen and oxygen atoms in total. The maximum atomic E-state index is 10.6. The number of pyridine rings is 1. The third-order valence-corrected chi connectivity index (χ3v) is 5.29. The normalized spacial score (nSPS) is 15.2. The van der Waals surface area contributed by atoms with Gasteiger partial charge in [-0.2, -0.15) is 31.4 Å². The molecule has 0 aliphatic carbocycles. The van der Waals surface area contributed by atoms with Crippen molar-refractivity contribution in [1.29, 1.82) is 0 Å². The topological polar surface area (TPSA) is 127 Å². The van der Waals surface area contributed by atoms with Crippen molar-refractivity contribution in [2.24, 2.45) is 0 Å². The zero-order valence-electron chi connectivity index (χ0n) is 21.5. The lowest BCUT2D eigenvalue weighted by Crippen LogP contribution is -2.32. The van der Waals surface area contributed by atoms with Gasteiger partial charge in [0.25, 0.3) is 0 Å². The lowest BCUT2D eigenvalue weighted by Gasteiger charge is -2.24. The molecule has 224 valence electrons. The van der Waals surface area contributed by atoms with Gasteiger partial charge in [0, 0.05) is 38.2 Å². The number of fused-ring (bicyclic) bond motifs is 1. The molecule has 1 atom stereocenters. The van der Waals surface area contributed by atoms with Crippen molar-refractivity contribution in [3.8, 4) is 5.75 Å². The van der Waals surface area contributed by atoms with Crippen LogP contribution >= 0.6 is 0 Å². The molecule has 1 aromatic carbocycles. The molecule has 0 bridgehead atoms. The van der Waals surface area contributed by atoms with Crippen LogP contribution in [-0.4, -0.2) is 73.9 Å². The summed E-state index contributed by atoms with van der Waals surface area (Å²) in [6, 6.07) is 14.3. The quantitative estimate of drug-likeness (QED) is 0.406. The highest BCUT2D eigenvalue weighted by Gasteiger charge is 2.38. The summed E-state index contributed by atoms with van der Waals surface area (Å²) in [4.78, 5) is 24.3. The number of hydrogen-bond donors (Lipinski definition) is 2. The average Bonchev–Trinajstić information content (AvgIpc) is 3.26. The summed E-state index contributed by atoms with van der Waals surface area (Å²) in [5.41, 5.74) is 3.58. The molecule has 0 amide bonds. The van der Waals surface area contributed by atoms with Crippen LogP contribution in [0.3, 0.4) is 0 Å². The molecular formula is C25H26F6N4O6. The number of nitrogens with zero attached hydrogens (tertiary/aromatic N) is 4. The van der Waals surface area contributed by atoms with Gasteiger partial charge in [0.05, 0.1) is 32.1 Å². The Morgan fingerprint density at radius 2 is 1.54 bits per heavy atom. The Kier molecular flexibility index (Phi) is 12.1. The van der Waals surface area contributed by atoms with Crippen molar-refractivity contribution in [1.82, 2.24) is 19.7 Å². The first-order valence-corrected chi connectivity index (χ1v) is 11.7. The molecule has 0 fully saturated rings. The van der Waals surface area contributed by atoms with Gasteiger partial charge in [-0.15, -0.1) is 0 Å². The second kappa shape index (κ2) is 15.0. The van der Waals surface area contributed by atoms with Crippen molar-refractivity contribution < 1.29 is 55.6 Å². The number of aliphatic carboxylic acids is 2. The lowest BCUT2D eigenvalue weighted by molar-refractivity contribution is -0.193. The van der Waals surface area contributed by atoms with Crippen LogP contribution in [0.15, 0.2) is 61.1 Å². The average molecular weight is 592 g/mol. The summed E-state index contributed by atoms with van der Waals surface area (Å²) >= 11 is 0. The first-order valence-electron chi connectivity index (χ1n) is 11.7. The van der Waals surface area contributed by atoms with E-state index in [1.807, 2.05) is 30.5 Å². The molecule has 1 unspecified atom stereocenters. The molecule has 3 heterocycles. The fourth-order valence-corrected chi connectivity index (χ4v) is 3.44. The largest absolute Gasteiger partial charge is 0.497 e. The first kappa shape index (κ1) is 33.0. The summed E-state index contributed by atoms with van der Waals surface area (Å²) in [5, 5.41) is 18.7. The van der Waals surface area contributed by atoms with Crippen LogP contribution in [-0.2, 0) is 40.6 Å². The van der Waals surface area contributed by atoms with E-state index in [0.29, 0.717) is 6.61 Å². The molecule has 16 heteroatoms. The molecule has 2 N–H and O–H groups in total. The molecule has 41 heavy (non-hydrogen) atoms. The summed E-state index contributed by atoms with van der Waals surface area (Å²) in [6.07, 6.45) is -4.63. The second-order valence-corrected chi connectivity index (χ2v) is 8.42. The lowest BCUT2D eigenvalue weighted by atomic mass is 10.2. The van der Waals surface area contributed by atoms with Gasteiger partial charge >= 0.3 is 24.3 Å². The fourth-order valence-electron chi connectivity index (χ4n) is 3.44. The minimum atomic E-state index is -5.08. The van der Waals surface area contributed by atoms with E-state index in [9.17, 15) is 26.3 Å². The highest BCUT2D eigenvalue weighted by Crippen LogP contribution is 2.20. The van der Waals surface area contributed by atoms with Crippen LogP contribution in [0.1, 0.15) is 16.8 Å². The Morgan fingerprint density at radius 3 is 2.10 bits per heavy atom. The van der Waals surface area contributed by atoms with Gasteiger partial charge in [-0.3, -0.25) is 14.6 Å². The van der Waals surface area contributed by atoms with Crippen LogP contribution < -0.4 is 4.74 Å². The van der Waals surface area contributed by atoms with Gasteiger partial charge in [0.2, 0.25) is 0 Å². The van der Waals surface area contributed by atoms with Crippen molar-refractivity contribution in [2.45, 2.75) is 44.7 Å². The van der Waals surface area contributed by atoms with E-state index in [-0.39, 0.29) is 6.10 Å². The molecule has 1 aliphatic rings. The fraction of sp³-hybridized carbons (Fsp3) is 0.360. The summed E-state index contributed by atoms with van der Waals surface area (Å²) in [7, 11) is 1.70. The maximum absolute atomic E-state index is 10.6. The predicted octanol–water partition coefficient (Wildman–Crippen LogP) is 4.15. The number of halogens is 6. The van der Waals surface area contributed by atoms with Crippen LogP contribution in [0.25, 0.3) is 0 Å². The number of carboxylic acids is 2. The molecule has 0 spiro atoms. The zero-order chi connectivity index (χ0) is 30.6. The Labute approximate surface area is 229 Å². The van der Waals surface area contributed by atoms with Gasteiger partial charge in [-0.05, 0) is 41.5 Å². The third-order valence-electron chi connectivity index (χ3n) is 5.29. The molecular weight excluding hydrogens is 566 g/mol. The van der Waals surface area contributed by atoms with Crippen molar-refractivity contribution in [3.63, 3.8) is 0 Å². The summed E-state index contributed by atoms with van der Waals surface area (Å²) in [5.74, 6) is -4.63. The number of benzene rings is 1. The summed E-state index contributed by atoms with van der Waals surface area (Å²) < 4.78 is 77.1. The van der Waals surface area contributed by atoms with E-state index in [2.05, 4.69) is 37.9 Å². The van der Waals surface area contributed by atoms with E-state index < -0.39 is 24.3 Å². The van der Waals surface area contributed by atoms with Gasteiger partial charge in [0.1, 0.15) is 5.75 Å². The Morgan fingerprint density at radius 1 is 0.927 bits per heavy atom. The Hall–Kier alpha value is -4.18. The first-order chi connectivity index (χ1) is 19.2. The highest BCUT2D eigenvalue weighted by molar-refractivity contribution is 5.73. The van der Waals surface area contributed by atoms with Crippen LogP contribution in [0.4, 0.5) is 26.3 Å². The van der Waals surface area contributed by atoms with E-state index in [1.165, 1.54) is 11.3 Å². The van der Waals surface area contributed by atoms with Crippen LogP contribution in [0.5, 0.6) is 5.75 Å². The minimum Gasteiger partial charge on any atom is -0.497 e. The number of carboxylic acid groups (broad SMARTS) is 2. The number of ether oxygens (including phenoxy) is 2. The monoisotopic (exact) mass is 592 g/mol. The van der Waals surface area contributed by atoms with Crippen molar-refractivity contribution >= 4 is 11.9 Å². The molecule has 1 aliphatic heterocycles. The van der Waals surface area contributed by atoms with E-state index in [4.69, 9.17) is 29.3 Å². The smallest absolute Gasteiger partial charge is 0.490 e. The summed E-state index contributed by atoms with van der Waals surface area (Å²) in [6.45, 7) is 3.90. The highest BCUT2D eigenvalue weighted by atomic mass is 19.4. The number of alkyl halides is 6. The third kappa shape index (κ3) is 11.8. The molecule has 0 saturated heterocycles. The number of aromatic nitrogens is 3. The predicted molar refractivity (Wildman–Crippen MR) is 130 cm³/mol. The molecule has 2 aromatic heterocycles. The zero-order valence-corrected chi connectivity index (χ0v) is 21.5. The van der Waals surface area contributed by atoms with Crippen molar-refractivity contribution in [2.75, 3.05) is 13.7 Å². The van der Waals surface area contributed by atoms with E-state index in [0.717, 1.165) is 37.5 Å². The number of carbonyl (C=O) groups is 2. The number of rotatable bonds is 6. The standard InChI is InChI=1S/C21H24N4O2.2C2HF3O2/c1-26-20-4-2-3-18(11-20)12-24-13-19-7-10-23-25(19)15-21(14-24)27-16-17-5-8-22-9-6-17;2*3-2(4,5)1(6)7/h2-11,21H,12-16H2,1H3;2*(H,6,7). The molecule has 4 rings (SSSR count). The number of hydrogen-bond acceptors (Lipinski definition) is 7. The van der Waals surface area contributed by atoms with Gasteiger partial charge in [0.15, 0.2) is 0 Å². The SMILES string of the molecule is COc1cccc(CN2Cc3ccnn3CC(OCc3ccncc3)C2)c1.O=C(O)C(F)(F)F.O=C(O)C(F)(F)F. The Bertz CT molecular complexity index is 1230. The van der Waals surface area contributed by atoms with E-state index in [1.54, 1.807) is 19.5 Å².